The third-order valence-electron chi connectivity index (χ3n) is 4.41. The van der Waals surface area contributed by atoms with E-state index in [0.29, 0.717) is 36.0 Å². The van der Waals surface area contributed by atoms with Gasteiger partial charge in [-0.15, -0.1) is 0 Å². The zero-order valence-electron chi connectivity index (χ0n) is 15.5. The monoisotopic (exact) mass is 423 g/mol. The maximum Gasteiger partial charge on any atom is 0.282 e. The van der Waals surface area contributed by atoms with Crippen molar-refractivity contribution in [1.82, 2.24) is 8.61 Å². The van der Waals surface area contributed by atoms with Gasteiger partial charge in [0.1, 0.15) is 5.75 Å². The first-order chi connectivity index (χ1) is 13.4. The minimum absolute atomic E-state index is 0.231. The molecule has 1 amide bonds. The number of hydrogen-bond donors (Lipinski definition) is 1. The smallest absolute Gasteiger partial charge is 0.282 e. The van der Waals surface area contributed by atoms with Gasteiger partial charge in [0, 0.05) is 30.3 Å². The Bertz CT molecular complexity index is 934. The maximum atomic E-state index is 12.9. The van der Waals surface area contributed by atoms with Gasteiger partial charge in [-0.1, -0.05) is 23.7 Å². The number of nitrogens with one attached hydrogen (secondary N) is 1. The van der Waals surface area contributed by atoms with Gasteiger partial charge in [-0.2, -0.15) is 17.0 Å². The fourth-order valence-corrected chi connectivity index (χ4v) is 4.77. The number of ether oxygens (including phenoxy) is 1. The van der Waals surface area contributed by atoms with Crippen LogP contribution >= 0.6 is 11.6 Å². The molecule has 2 aromatic rings. The minimum Gasteiger partial charge on any atom is -0.497 e. The first-order valence-electron chi connectivity index (χ1n) is 8.82. The van der Waals surface area contributed by atoms with E-state index < -0.39 is 16.1 Å². The number of anilines is 1. The van der Waals surface area contributed by atoms with E-state index in [4.69, 9.17) is 16.3 Å². The topological polar surface area (TPSA) is 79.0 Å². The van der Waals surface area contributed by atoms with Gasteiger partial charge in [0.2, 0.25) is 5.91 Å². The lowest BCUT2D eigenvalue weighted by Gasteiger charge is -2.34. The zero-order chi connectivity index (χ0) is 20.1. The van der Waals surface area contributed by atoms with Gasteiger partial charge in [0.15, 0.2) is 0 Å². The lowest BCUT2D eigenvalue weighted by Crippen LogP contribution is -2.51. The molecule has 1 aliphatic rings. The standard InChI is InChI=1S/C19H22ClN3O4S/c1-27-18-5-2-4-15(12-18)13-22-10-3-11-23(28(22,25)26)14-19(24)21-17-8-6-16(20)7-9-17/h2,4-9,12H,3,10-11,13-14H2,1H3,(H,21,24). The summed E-state index contributed by atoms with van der Waals surface area (Å²) in [5.41, 5.74) is 1.40. The second-order valence-electron chi connectivity index (χ2n) is 6.44. The molecule has 1 fully saturated rings. The van der Waals surface area contributed by atoms with Crippen molar-refractivity contribution in [2.45, 2.75) is 13.0 Å². The highest BCUT2D eigenvalue weighted by atomic mass is 35.5. The van der Waals surface area contributed by atoms with Crippen molar-refractivity contribution in [2.24, 2.45) is 0 Å². The first kappa shape index (κ1) is 20.6. The van der Waals surface area contributed by atoms with Crippen molar-refractivity contribution in [2.75, 3.05) is 32.1 Å². The summed E-state index contributed by atoms with van der Waals surface area (Å²) >= 11 is 5.83. The molecule has 0 bridgehead atoms. The molecular formula is C19H22ClN3O4S. The quantitative estimate of drug-likeness (QED) is 0.774. The average Bonchev–Trinajstić information content (AvgIpc) is 2.67. The van der Waals surface area contributed by atoms with Crippen LogP contribution in [0.25, 0.3) is 0 Å². The third-order valence-corrected chi connectivity index (χ3v) is 6.59. The van der Waals surface area contributed by atoms with Gasteiger partial charge in [-0.25, -0.2) is 0 Å². The zero-order valence-corrected chi connectivity index (χ0v) is 17.0. The van der Waals surface area contributed by atoms with Crippen molar-refractivity contribution in [1.29, 1.82) is 0 Å². The van der Waals surface area contributed by atoms with Gasteiger partial charge in [0.05, 0.1) is 13.7 Å². The second kappa shape index (κ2) is 8.91. The van der Waals surface area contributed by atoms with Crippen LogP contribution in [-0.4, -0.2) is 49.7 Å². The number of benzene rings is 2. The second-order valence-corrected chi connectivity index (χ2v) is 8.80. The Kier molecular flexibility index (Phi) is 6.56. The summed E-state index contributed by atoms with van der Waals surface area (Å²) in [6, 6.07) is 13.9. The molecule has 1 N–H and O–H groups in total. The Labute approximate surface area is 170 Å². The first-order valence-corrected chi connectivity index (χ1v) is 10.6. The van der Waals surface area contributed by atoms with Gasteiger partial charge in [-0.3, -0.25) is 4.79 Å². The number of amides is 1. The average molecular weight is 424 g/mol. The molecule has 2 aromatic carbocycles. The predicted molar refractivity (Wildman–Crippen MR) is 109 cm³/mol. The summed E-state index contributed by atoms with van der Waals surface area (Å²) in [7, 11) is -2.17. The maximum absolute atomic E-state index is 12.9. The van der Waals surface area contributed by atoms with Crippen LogP contribution in [0.4, 0.5) is 5.69 Å². The Hall–Kier alpha value is -2.13. The van der Waals surface area contributed by atoms with Crippen LogP contribution in [0.5, 0.6) is 5.75 Å². The number of hydrogen-bond acceptors (Lipinski definition) is 4. The van der Waals surface area contributed by atoms with E-state index in [0.717, 1.165) is 5.56 Å². The molecule has 0 atom stereocenters. The minimum atomic E-state index is -3.73. The van der Waals surface area contributed by atoms with E-state index in [1.807, 2.05) is 24.3 Å². The normalized spacial score (nSPS) is 17.2. The number of carbonyl (C=O) groups excluding carboxylic acids is 1. The number of rotatable bonds is 6. The lowest BCUT2D eigenvalue weighted by molar-refractivity contribution is -0.116. The predicted octanol–water partition coefficient (Wildman–Crippen LogP) is 2.74. The van der Waals surface area contributed by atoms with E-state index in [-0.39, 0.29) is 13.1 Å². The Morgan fingerprint density at radius 2 is 1.86 bits per heavy atom. The molecule has 3 rings (SSSR count). The summed E-state index contributed by atoms with van der Waals surface area (Å²) in [5.74, 6) is 0.278. The van der Waals surface area contributed by atoms with Gasteiger partial charge < -0.3 is 10.1 Å². The summed E-state index contributed by atoms with van der Waals surface area (Å²) in [6.07, 6.45) is 0.650. The molecular weight excluding hydrogens is 402 g/mol. The van der Waals surface area contributed by atoms with Gasteiger partial charge in [-0.05, 0) is 48.4 Å². The number of carbonyl (C=O) groups is 1. The molecule has 0 spiro atoms. The van der Waals surface area contributed by atoms with Gasteiger partial charge in [0.25, 0.3) is 10.2 Å². The fourth-order valence-electron chi connectivity index (χ4n) is 3.01. The van der Waals surface area contributed by atoms with E-state index in [1.165, 1.54) is 8.61 Å². The van der Waals surface area contributed by atoms with Crippen molar-refractivity contribution in [3.63, 3.8) is 0 Å². The van der Waals surface area contributed by atoms with E-state index in [1.54, 1.807) is 31.4 Å². The van der Waals surface area contributed by atoms with Crippen LogP contribution in [0.2, 0.25) is 5.02 Å². The van der Waals surface area contributed by atoms with Crippen molar-refractivity contribution in [3.8, 4) is 5.75 Å². The lowest BCUT2D eigenvalue weighted by atomic mass is 10.2. The van der Waals surface area contributed by atoms with Crippen LogP contribution in [0.1, 0.15) is 12.0 Å². The molecule has 0 radical (unpaired) electrons. The molecule has 0 aromatic heterocycles. The van der Waals surface area contributed by atoms with E-state index in [2.05, 4.69) is 5.32 Å². The van der Waals surface area contributed by atoms with E-state index >= 15 is 0 Å². The molecule has 0 aliphatic carbocycles. The van der Waals surface area contributed by atoms with Crippen LogP contribution in [-0.2, 0) is 21.5 Å². The highest BCUT2D eigenvalue weighted by Crippen LogP contribution is 2.21. The third kappa shape index (κ3) is 5.02. The van der Waals surface area contributed by atoms with Crippen molar-refractivity contribution < 1.29 is 17.9 Å². The molecule has 1 saturated heterocycles. The molecule has 0 unspecified atom stereocenters. The molecule has 1 aliphatic heterocycles. The summed E-state index contributed by atoms with van der Waals surface area (Å²) in [4.78, 5) is 12.3. The SMILES string of the molecule is COc1cccc(CN2CCCN(CC(=O)Nc3ccc(Cl)cc3)S2(=O)=O)c1. The van der Waals surface area contributed by atoms with Gasteiger partial charge >= 0.3 is 0 Å². The fraction of sp³-hybridized carbons (Fsp3) is 0.316. The van der Waals surface area contributed by atoms with Crippen LogP contribution in [0, 0.1) is 0 Å². The van der Waals surface area contributed by atoms with Crippen LogP contribution in [0.15, 0.2) is 48.5 Å². The van der Waals surface area contributed by atoms with Crippen LogP contribution < -0.4 is 10.1 Å². The largest absolute Gasteiger partial charge is 0.497 e. The molecule has 0 saturated carbocycles. The Morgan fingerprint density at radius 3 is 2.57 bits per heavy atom. The van der Waals surface area contributed by atoms with Crippen molar-refractivity contribution in [3.05, 3.63) is 59.1 Å². The Balaban J connectivity index is 1.66. The molecule has 7 nitrogen and oxygen atoms in total. The number of methoxy groups -OCH3 is 1. The van der Waals surface area contributed by atoms with Crippen LogP contribution in [0.3, 0.4) is 0 Å². The molecule has 1 heterocycles. The molecule has 28 heavy (non-hydrogen) atoms. The summed E-state index contributed by atoms with van der Waals surface area (Å²) < 4.78 is 33.6. The highest BCUT2D eigenvalue weighted by Gasteiger charge is 2.34. The van der Waals surface area contributed by atoms with Crippen molar-refractivity contribution >= 4 is 33.4 Å². The molecule has 150 valence electrons. The number of nitrogens with zero attached hydrogens (tertiary/aromatic N) is 2. The summed E-state index contributed by atoms with van der Waals surface area (Å²) in [5, 5.41) is 3.26. The number of halogens is 1. The highest BCUT2D eigenvalue weighted by molar-refractivity contribution is 7.86. The molecule has 9 heteroatoms. The van der Waals surface area contributed by atoms with E-state index in [9.17, 15) is 13.2 Å². The Morgan fingerprint density at radius 1 is 1.14 bits per heavy atom. The summed E-state index contributed by atoms with van der Waals surface area (Å²) in [6.45, 7) is 0.717.